The lowest BCUT2D eigenvalue weighted by Crippen LogP contribution is -2.44. The Labute approximate surface area is 121 Å². The van der Waals surface area contributed by atoms with Crippen molar-refractivity contribution in [3.05, 3.63) is 0 Å². The number of ketones is 1. The van der Waals surface area contributed by atoms with E-state index in [4.69, 9.17) is 9.47 Å². The molecule has 1 heterocycles. The second kappa shape index (κ2) is 5.26. The smallest absolute Gasteiger partial charge is 0.184 e. The van der Waals surface area contributed by atoms with Crippen molar-refractivity contribution in [2.75, 3.05) is 13.2 Å². The van der Waals surface area contributed by atoms with Gasteiger partial charge in [-0.05, 0) is 25.2 Å². The van der Waals surface area contributed by atoms with Crippen molar-refractivity contribution in [2.24, 2.45) is 17.8 Å². The van der Waals surface area contributed by atoms with Crippen molar-refractivity contribution in [3.8, 4) is 0 Å². The van der Waals surface area contributed by atoms with E-state index in [-0.39, 0.29) is 16.7 Å². The molecule has 0 amide bonds. The lowest BCUT2D eigenvalue weighted by atomic mass is 9.85. The molecule has 0 aromatic rings. The Morgan fingerprint density at radius 1 is 1.37 bits per heavy atom. The van der Waals surface area contributed by atoms with Crippen LogP contribution in [0.5, 0.6) is 0 Å². The Kier molecular flexibility index (Phi) is 3.80. The second-order valence-electron chi connectivity index (χ2n) is 5.78. The molecule has 1 spiro atoms. The molecule has 1 saturated heterocycles. The molecule has 0 aromatic carbocycles. The van der Waals surface area contributed by atoms with Crippen LogP contribution in [0.4, 0.5) is 0 Å². The average Bonchev–Trinajstić information content (AvgIpc) is 3.04. The number of hydrogen-bond donors (Lipinski definition) is 0. The maximum absolute atomic E-state index is 12.2. The van der Waals surface area contributed by atoms with Crippen LogP contribution < -0.4 is 0 Å². The average molecular weight is 331 g/mol. The summed E-state index contributed by atoms with van der Waals surface area (Å²) < 4.78 is 11.8. The Balaban J connectivity index is 1.79. The highest BCUT2D eigenvalue weighted by Crippen LogP contribution is 2.57. The van der Waals surface area contributed by atoms with Crippen molar-refractivity contribution in [1.82, 2.24) is 0 Å². The largest absolute Gasteiger partial charge is 0.346 e. The number of aldehydes is 1. The predicted octanol–water partition coefficient (Wildman–Crippen LogP) is 2.09. The molecule has 106 valence electrons. The number of Topliss-reactive ketones (excluding diaryl/α,β-unsaturated/α-hetero) is 1. The Morgan fingerprint density at radius 2 is 2.11 bits per heavy atom. The van der Waals surface area contributed by atoms with Crippen LogP contribution in [0.15, 0.2) is 0 Å². The summed E-state index contributed by atoms with van der Waals surface area (Å²) in [6, 6.07) is 0. The summed E-state index contributed by atoms with van der Waals surface area (Å²) in [4.78, 5) is 22.7. The standard InChI is InChI=1S/C14H19BrO4/c15-12-8-10-11(17)7-9(3-1-2-4-16)13(10)14(12)18-5-6-19-14/h4,9-10,12-13H,1-3,5-8H2/t9-,10-,12?,13+/m0/s1. The van der Waals surface area contributed by atoms with Crippen LogP contribution >= 0.6 is 15.9 Å². The lowest BCUT2D eigenvalue weighted by molar-refractivity contribution is -0.188. The van der Waals surface area contributed by atoms with E-state index in [2.05, 4.69) is 15.9 Å². The van der Waals surface area contributed by atoms with Gasteiger partial charge in [-0.25, -0.2) is 0 Å². The van der Waals surface area contributed by atoms with E-state index in [1.54, 1.807) is 0 Å². The third-order valence-corrected chi connectivity index (χ3v) is 5.83. The molecule has 3 rings (SSSR count). The first-order chi connectivity index (χ1) is 9.19. The van der Waals surface area contributed by atoms with Crippen molar-refractivity contribution in [2.45, 2.75) is 42.7 Å². The minimum absolute atomic E-state index is 0.0729. The van der Waals surface area contributed by atoms with E-state index >= 15 is 0 Å². The highest BCUT2D eigenvalue weighted by molar-refractivity contribution is 9.09. The minimum atomic E-state index is -0.595. The maximum atomic E-state index is 12.2. The fourth-order valence-corrected chi connectivity index (χ4v) is 5.08. The number of carbonyl (C=O) groups excluding carboxylic acids is 2. The number of rotatable bonds is 4. The molecule has 1 unspecified atom stereocenters. The monoisotopic (exact) mass is 330 g/mol. The van der Waals surface area contributed by atoms with Gasteiger partial charge >= 0.3 is 0 Å². The zero-order chi connectivity index (χ0) is 13.5. The number of alkyl halides is 1. The Bertz CT molecular complexity index is 378. The van der Waals surface area contributed by atoms with Gasteiger partial charge in [0.15, 0.2) is 5.79 Å². The molecule has 0 aromatic heterocycles. The van der Waals surface area contributed by atoms with E-state index < -0.39 is 5.79 Å². The van der Waals surface area contributed by atoms with Crippen molar-refractivity contribution in [1.29, 1.82) is 0 Å². The van der Waals surface area contributed by atoms with Crippen molar-refractivity contribution in [3.63, 3.8) is 0 Å². The van der Waals surface area contributed by atoms with Crippen LogP contribution in [0.3, 0.4) is 0 Å². The van der Waals surface area contributed by atoms with Gasteiger partial charge in [-0.1, -0.05) is 15.9 Å². The summed E-state index contributed by atoms with van der Waals surface area (Å²) in [5, 5.41) is 0. The molecule has 19 heavy (non-hydrogen) atoms. The Morgan fingerprint density at radius 3 is 2.79 bits per heavy atom. The van der Waals surface area contributed by atoms with Gasteiger partial charge in [0.25, 0.3) is 0 Å². The SMILES string of the molecule is O=CCCC[C@H]1CC(=O)[C@@H]2CC(Br)C3(OCCO3)[C@H]12. The number of unbranched alkanes of at least 4 members (excludes halogenated alkanes) is 1. The van der Waals surface area contributed by atoms with Crippen LogP contribution in [0.25, 0.3) is 0 Å². The topological polar surface area (TPSA) is 52.6 Å². The fourth-order valence-electron chi connectivity index (χ4n) is 4.11. The summed E-state index contributed by atoms with van der Waals surface area (Å²) in [6.07, 6.45) is 4.74. The number of ether oxygens (including phenoxy) is 2. The number of halogens is 1. The molecule has 5 heteroatoms. The molecule has 3 aliphatic rings. The van der Waals surface area contributed by atoms with Gasteiger partial charge in [0, 0.05) is 24.7 Å². The van der Waals surface area contributed by atoms with E-state index in [1.165, 1.54) is 0 Å². The maximum Gasteiger partial charge on any atom is 0.184 e. The highest BCUT2D eigenvalue weighted by atomic mass is 79.9. The molecule has 1 aliphatic heterocycles. The van der Waals surface area contributed by atoms with Gasteiger partial charge in [0.1, 0.15) is 12.1 Å². The molecule has 0 radical (unpaired) electrons. The summed E-state index contributed by atoms with van der Waals surface area (Å²) in [6.45, 7) is 1.22. The van der Waals surface area contributed by atoms with Crippen LogP contribution in [0.1, 0.15) is 32.1 Å². The van der Waals surface area contributed by atoms with Crippen LogP contribution in [-0.2, 0) is 19.1 Å². The summed E-state index contributed by atoms with van der Waals surface area (Å²) >= 11 is 3.66. The lowest BCUT2D eigenvalue weighted by Gasteiger charge is -2.35. The molecule has 4 nitrogen and oxygen atoms in total. The van der Waals surface area contributed by atoms with Gasteiger partial charge in [-0.3, -0.25) is 4.79 Å². The Hall–Kier alpha value is -0.260. The highest BCUT2D eigenvalue weighted by Gasteiger charge is 2.64. The van der Waals surface area contributed by atoms with E-state index in [1.807, 2.05) is 0 Å². The molecular weight excluding hydrogens is 312 g/mol. The zero-order valence-electron chi connectivity index (χ0n) is 10.8. The van der Waals surface area contributed by atoms with Crippen LogP contribution in [0.2, 0.25) is 0 Å². The van der Waals surface area contributed by atoms with Gasteiger partial charge in [-0.15, -0.1) is 0 Å². The summed E-state index contributed by atoms with van der Waals surface area (Å²) in [5.41, 5.74) is 0. The summed E-state index contributed by atoms with van der Waals surface area (Å²) in [7, 11) is 0. The summed E-state index contributed by atoms with van der Waals surface area (Å²) in [5.74, 6) is 0.296. The zero-order valence-corrected chi connectivity index (χ0v) is 12.4. The second-order valence-corrected chi connectivity index (χ2v) is 6.89. The molecule has 4 atom stereocenters. The van der Waals surface area contributed by atoms with E-state index in [0.717, 1.165) is 25.5 Å². The molecule has 0 bridgehead atoms. The third-order valence-electron chi connectivity index (χ3n) is 4.82. The minimum Gasteiger partial charge on any atom is -0.346 e. The molecule has 2 aliphatic carbocycles. The van der Waals surface area contributed by atoms with Gasteiger partial charge in [0.2, 0.25) is 0 Å². The first-order valence-electron chi connectivity index (χ1n) is 7.07. The predicted molar refractivity (Wildman–Crippen MR) is 72.0 cm³/mol. The molecule has 0 N–H and O–H groups in total. The molecule has 3 fully saturated rings. The van der Waals surface area contributed by atoms with Crippen molar-refractivity contribution >= 4 is 28.0 Å². The van der Waals surface area contributed by atoms with Crippen LogP contribution in [-0.4, -0.2) is 35.9 Å². The van der Waals surface area contributed by atoms with Gasteiger partial charge < -0.3 is 14.3 Å². The normalized spacial score (nSPS) is 39.9. The molecule has 2 saturated carbocycles. The fraction of sp³-hybridized carbons (Fsp3) is 0.857. The van der Waals surface area contributed by atoms with Gasteiger partial charge in [-0.2, -0.15) is 0 Å². The third kappa shape index (κ3) is 2.10. The quantitative estimate of drug-likeness (QED) is 0.450. The number of fused-ring (bicyclic) bond motifs is 2. The van der Waals surface area contributed by atoms with Crippen molar-refractivity contribution < 1.29 is 19.1 Å². The van der Waals surface area contributed by atoms with Crippen LogP contribution in [0, 0.1) is 17.8 Å². The number of hydrogen-bond acceptors (Lipinski definition) is 4. The first kappa shape index (κ1) is 13.7. The van der Waals surface area contributed by atoms with Gasteiger partial charge in [0.05, 0.1) is 18.0 Å². The van der Waals surface area contributed by atoms with E-state index in [9.17, 15) is 9.59 Å². The molecular formula is C14H19BrO4. The van der Waals surface area contributed by atoms with E-state index in [0.29, 0.717) is 37.8 Å². The first-order valence-corrected chi connectivity index (χ1v) is 7.99. The number of carbonyl (C=O) groups is 2.